The van der Waals surface area contributed by atoms with Crippen molar-refractivity contribution >= 4 is 27.4 Å². The van der Waals surface area contributed by atoms with Crippen LogP contribution in [0.3, 0.4) is 0 Å². The monoisotopic (exact) mass is 220 g/mol. The lowest BCUT2D eigenvalue weighted by molar-refractivity contribution is -0.136. The van der Waals surface area contributed by atoms with Gasteiger partial charge in [0.15, 0.2) is 0 Å². The Balaban J connectivity index is 2.26. The summed E-state index contributed by atoms with van der Waals surface area (Å²) in [6.07, 6.45) is 0.814. The van der Waals surface area contributed by atoms with Gasteiger partial charge in [0.1, 0.15) is 0 Å². The average molecular weight is 220 g/mol. The highest BCUT2D eigenvalue weighted by Crippen LogP contribution is 2.26. The number of hydrogen-bond acceptors (Lipinski definition) is 2. The van der Waals surface area contributed by atoms with Crippen LogP contribution in [-0.4, -0.2) is 11.1 Å². The van der Waals surface area contributed by atoms with Gasteiger partial charge in [-0.3, -0.25) is 4.79 Å². The van der Waals surface area contributed by atoms with Crippen molar-refractivity contribution in [2.24, 2.45) is 0 Å². The summed E-state index contributed by atoms with van der Waals surface area (Å²) >= 11 is 1.77. The molecule has 0 fully saturated rings. The van der Waals surface area contributed by atoms with Crippen LogP contribution in [-0.2, 0) is 11.2 Å². The zero-order valence-corrected chi connectivity index (χ0v) is 9.30. The Morgan fingerprint density at radius 2 is 2.20 bits per heavy atom. The van der Waals surface area contributed by atoms with Crippen molar-refractivity contribution in [2.45, 2.75) is 19.8 Å². The van der Waals surface area contributed by atoms with Gasteiger partial charge in [-0.05, 0) is 36.4 Å². The lowest BCUT2D eigenvalue weighted by Crippen LogP contribution is -1.96. The van der Waals surface area contributed by atoms with Gasteiger partial charge in [0.2, 0.25) is 0 Å². The Morgan fingerprint density at radius 1 is 1.40 bits per heavy atom. The first-order chi connectivity index (χ1) is 7.15. The minimum absolute atomic E-state index is 0.203. The van der Waals surface area contributed by atoms with E-state index < -0.39 is 5.97 Å². The van der Waals surface area contributed by atoms with Gasteiger partial charge in [-0.25, -0.2) is 0 Å². The summed E-state index contributed by atoms with van der Waals surface area (Å²) in [6.45, 7) is 2.08. The van der Waals surface area contributed by atoms with Crippen LogP contribution in [0.15, 0.2) is 24.3 Å². The molecule has 3 heteroatoms. The third-order valence-electron chi connectivity index (χ3n) is 2.33. The molecule has 0 aliphatic heterocycles. The molecule has 0 saturated carbocycles. The van der Waals surface area contributed by atoms with Crippen LogP contribution in [0.5, 0.6) is 0 Å². The highest BCUT2D eigenvalue weighted by atomic mass is 32.1. The molecule has 0 unspecified atom stereocenters. The molecule has 1 heterocycles. The number of carboxylic acids is 1. The molecule has 1 aromatic carbocycles. The van der Waals surface area contributed by atoms with E-state index in [9.17, 15) is 4.79 Å². The number of rotatable bonds is 3. The second kappa shape index (κ2) is 4.03. The molecule has 0 spiro atoms. The number of carboxylic acid groups (broad SMARTS) is 1. The molecule has 78 valence electrons. The average Bonchev–Trinajstić information content (AvgIpc) is 2.53. The Hall–Kier alpha value is -1.35. The maximum atomic E-state index is 10.4. The van der Waals surface area contributed by atoms with Crippen molar-refractivity contribution in [1.29, 1.82) is 0 Å². The predicted molar refractivity (Wildman–Crippen MR) is 62.5 cm³/mol. The van der Waals surface area contributed by atoms with Crippen LogP contribution in [0, 0.1) is 6.92 Å². The first-order valence-corrected chi connectivity index (χ1v) is 5.67. The van der Waals surface area contributed by atoms with Crippen molar-refractivity contribution in [1.82, 2.24) is 0 Å². The minimum atomic E-state index is -0.739. The number of fused-ring (bicyclic) bond motifs is 1. The molecule has 0 radical (unpaired) electrons. The zero-order chi connectivity index (χ0) is 10.8. The number of aryl methyl sites for hydroxylation is 2. The second-order valence-corrected chi connectivity index (χ2v) is 4.91. The topological polar surface area (TPSA) is 37.3 Å². The molecule has 0 aliphatic rings. The first-order valence-electron chi connectivity index (χ1n) is 4.86. The van der Waals surface area contributed by atoms with E-state index in [1.165, 1.54) is 15.0 Å². The van der Waals surface area contributed by atoms with E-state index in [4.69, 9.17) is 5.11 Å². The number of carbonyl (C=O) groups is 1. The molecule has 2 aromatic rings. The molecule has 1 N–H and O–H groups in total. The maximum Gasteiger partial charge on any atom is 0.303 e. The molecule has 0 saturated heterocycles. The van der Waals surface area contributed by atoms with Gasteiger partial charge in [-0.1, -0.05) is 12.1 Å². The molecular weight excluding hydrogens is 208 g/mol. The highest BCUT2D eigenvalue weighted by molar-refractivity contribution is 7.19. The summed E-state index contributed by atoms with van der Waals surface area (Å²) in [6, 6.07) is 8.32. The molecule has 0 atom stereocenters. The van der Waals surface area contributed by atoms with Gasteiger partial charge in [0.25, 0.3) is 0 Å². The van der Waals surface area contributed by atoms with Crippen molar-refractivity contribution in [3.63, 3.8) is 0 Å². The fraction of sp³-hybridized carbons (Fsp3) is 0.250. The molecule has 0 bridgehead atoms. The van der Waals surface area contributed by atoms with Gasteiger partial charge in [0, 0.05) is 16.0 Å². The van der Waals surface area contributed by atoms with Crippen molar-refractivity contribution in [3.05, 3.63) is 34.7 Å². The standard InChI is InChI=1S/C12H12O2S/c1-8-6-10-7-9(3-5-12(13)14)2-4-11(10)15-8/h2,4,6-7H,3,5H2,1H3,(H,13,14). The van der Waals surface area contributed by atoms with E-state index in [1.54, 1.807) is 11.3 Å². The van der Waals surface area contributed by atoms with E-state index >= 15 is 0 Å². The van der Waals surface area contributed by atoms with E-state index in [0.29, 0.717) is 6.42 Å². The van der Waals surface area contributed by atoms with E-state index in [1.807, 2.05) is 6.07 Å². The zero-order valence-electron chi connectivity index (χ0n) is 8.49. The van der Waals surface area contributed by atoms with Crippen LogP contribution in [0.25, 0.3) is 10.1 Å². The van der Waals surface area contributed by atoms with Gasteiger partial charge in [0.05, 0.1) is 0 Å². The Kier molecular flexibility index (Phi) is 2.73. The molecule has 0 amide bonds. The number of hydrogen-bond donors (Lipinski definition) is 1. The summed E-state index contributed by atoms with van der Waals surface area (Å²) in [5.74, 6) is -0.739. The molecule has 0 aliphatic carbocycles. The van der Waals surface area contributed by atoms with Crippen molar-refractivity contribution < 1.29 is 9.90 Å². The SMILES string of the molecule is Cc1cc2cc(CCC(=O)O)ccc2s1. The normalized spacial score (nSPS) is 10.7. The van der Waals surface area contributed by atoms with Crippen LogP contribution < -0.4 is 0 Å². The maximum absolute atomic E-state index is 10.4. The fourth-order valence-electron chi connectivity index (χ4n) is 1.63. The summed E-state index contributed by atoms with van der Waals surface area (Å²) in [5, 5.41) is 9.82. The summed E-state index contributed by atoms with van der Waals surface area (Å²) in [5.41, 5.74) is 1.10. The first kappa shape index (κ1) is 10.2. The number of aliphatic carboxylic acids is 1. The van der Waals surface area contributed by atoms with Crippen LogP contribution >= 0.6 is 11.3 Å². The lowest BCUT2D eigenvalue weighted by atomic mass is 10.1. The summed E-state index contributed by atoms with van der Waals surface area (Å²) < 4.78 is 1.27. The minimum Gasteiger partial charge on any atom is -0.481 e. The number of benzene rings is 1. The fourth-order valence-corrected chi connectivity index (χ4v) is 2.54. The highest BCUT2D eigenvalue weighted by Gasteiger charge is 2.02. The molecule has 2 nitrogen and oxygen atoms in total. The Morgan fingerprint density at radius 3 is 2.93 bits per heavy atom. The predicted octanol–water partition coefficient (Wildman–Crippen LogP) is 3.23. The van der Waals surface area contributed by atoms with Crippen LogP contribution in [0.4, 0.5) is 0 Å². The second-order valence-electron chi connectivity index (χ2n) is 3.62. The smallest absolute Gasteiger partial charge is 0.303 e. The largest absolute Gasteiger partial charge is 0.481 e. The third kappa shape index (κ3) is 2.36. The number of thiophene rings is 1. The van der Waals surface area contributed by atoms with Gasteiger partial charge in [-0.15, -0.1) is 11.3 Å². The summed E-state index contributed by atoms with van der Waals surface area (Å²) in [4.78, 5) is 11.7. The lowest BCUT2D eigenvalue weighted by Gasteiger charge is -1.98. The van der Waals surface area contributed by atoms with E-state index in [-0.39, 0.29) is 6.42 Å². The quantitative estimate of drug-likeness (QED) is 0.862. The Bertz CT molecular complexity index is 499. The molecule has 15 heavy (non-hydrogen) atoms. The molecule has 2 rings (SSSR count). The van der Waals surface area contributed by atoms with Crippen LogP contribution in [0.1, 0.15) is 16.9 Å². The van der Waals surface area contributed by atoms with Gasteiger partial charge >= 0.3 is 5.97 Å². The van der Waals surface area contributed by atoms with Gasteiger partial charge in [-0.2, -0.15) is 0 Å². The van der Waals surface area contributed by atoms with Crippen molar-refractivity contribution in [2.75, 3.05) is 0 Å². The van der Waals surface area contributed by atoms with E-state index in [2.05, 4.69) is 25.1 Å². The van der Waals surface area contributed by atoms with E-state index in [0.717, 1.165) is 5.56 Å². The van der Waals surface area contributed by atoms with Crippen molar-refractivity contribution in [3.8, 4) is 0 Å². The molecular formula is C12H12O2S. The molecule has 1 aromatic heterocycles. The summed E-state index contributed by atoms with van der Waals surface area (Å²) in [7, 11) is 0. The Labute approximate surface area is 92.2 Å². The van der Waals surface area contributed by atoms with Gasteiger partial charge < -0.3 is 5.11 Å². The van der Waals surface area contributed by atoms with Crippen LogP contribution in [0.2, 0.25) is 0 Å². The third-order valence-corrected chi connectivity index (χ3v) is 3.36.